The van der Waals surface area contributed by atoms with Gasteiger partial charge in [-0.05, 0) is 23.6 Å². The maximum atomic E-state index is 8.66. The SMILES string of the molecule is CC(C)c1ccc2c(c1)NC(CC#N)CO2. The summed E-state index contributed by atoms with van der Waals surface area (Å²) < 4.78 is 5.61. The summed E-state index contributed by atoms with van der Waals surface area (Å²) in [6.07, 6.45) is 0.478. The van der Waals surface area contributed by atoms with E-state index >= 15 is 0 Å². The van der Waals surface area contributed by atoms with Crippen molar-refractivity contribution in [1.82, 2.24) is 0 Å². The monoisotopic (exact) mass is 216 g/mol. The lowest BCUT2D eigenvalue weighted by Crippen LogP contribution is -2.31. The van der Waals surface area contributed by atoms with Crippen molar-refractivity contribution in [3.8, 4) is 11.8 Å². The second kappa shape index (κ2) is 4.44. The molecule has 1 aliphatic rings. The first-order chi connectivity index (χ1) is 7.70. The summed E-state index contributed by atoms with van der Waals surface area (Å²) in [5, 5.41) is 12.0. The van der Waals surface area contributed by atoms with E-state index in [9.17, 15) is 0 Å². The van der Waals surface area contributed by atoms with Crippen molar-refractivity contribution >= 4 is 5.69 Å². The molecule has 84 valence electrons. The van der Waals surface area contributed by atoms with Crippen molar-refractivity contribution in [3.63, 3.8) is 0 Å². The number of hydrogen-bond donors (Lipinski definition) is 1. The van der Waals surface area contributed by atoms with Crippen LogP contribution in [0, 0.1) is 11.3 Å². The fourth-order valence-corrected chi connectivity index (χ4v) is 1.82. The van der Waals surface area contributed by atoms with Gasteiger partial charge < -0.3 is 10.1 Å². The van der Waals surface area contributed by atoms with Crippen molar-refractivity contribution in [2.24, 2.45) is 0 Å². The van der Waals surface area contributed by atoms with E-state index in [0.717, 1.165) is 11.4 Å². The molecule has 1 aromatic rings. The highest BCUT2D eigenvalue weighted by atomic mass is 16.5. The van der Waals surface area contributed by atoms with Crippen molar-refractivity contribution in [1.29, 1.82) is 5.26 Å². The molecule has 3 heteroatoms. The Labute approximate surface area is 96.0 Å². The molecular formula is C13H16N2O. The van der Waals surface area contributed by atoms with E-state index in [1.54, 1.807) is 0 Å². The van der Waals surface area contributed by atoms with Crippen LogP contribution in [0.3, 0.4) is 0 Å². The number of nitrogens with zero attached hydrogens (tertiary/aromatic N) is 1. The van der Waals surface area contributed by atoms with Crippen molar-refractivity contribution in [2.75, 3.05) is 11.9 Å². The number of benzene rings is 1. The Bertz CT molecular complexity index is 420. The third-order valence-corrected chi connectivity index (χ3v) is 2.81. The molecule has 1 atom stereocenters. The van der Waals surface area contributed by atoms with Gasteiger partial charge in [0.25, 0.3) is 0 Å². The topological polar surface area (TPSA) is 45.0 Å². The minimum atomic E-state index is 0.111. The summed E-state index contributed by atoms with van der Waals surface area (Å²) in [4.78, 5) is 0. The fraction of sp³-hybridized carbons (Fsp3) is 0.462. The van der Waals surface area contributed by atoms with E-state index in [1.807, 2.05) is 6.07 Å². The van der Waals surface area contributed by atoms with Crippen molar-refractivity contribution in [2.45, 2.75) is 32.2 Å². The Kier molecular flexibility index (Phi) is 3.00. The number of nitriles is 1. The first-order valence-electron chi connectivity index (χ1n) is 5.61. The predicted molar refractivity (Wildman–Crippen MR) is 63.7 cm³/mol. The van der Waals surface area contributed by atoms with Gasteiger partial charge in [-0.2, -0.15) is 5.26 Å². The maximum absolute atomic E-state index is 8.66. The zero-order chi connectivity index (χ0) is 11.5. The van der Waals surface area contributed by atoms with E-state index in [-0.39, 0.29) is 6.04 Å². The zero-order valence-corrected chi connectivity index (χ0v) is 9.66. The Morgan fingerprint density at radius 3 is 3.06 bits per heavy atom. The number of rotatable bonds is 2. The standard InChI is InChI=1S/C13H16N2O/c1-9(2)10-3-4-13-12(7-10)15-11(5-6-14)8-16-13/h3-4,7,9,11,15H,5,8H2,1-2H3. The molecule has 0 saturated heterocycles. The highest BCUT2D eigenvalue weighted by Crippen LogP contribution is 2.32. The van der Waals surface area contributed by atoms with Crippen LogP contribution in [0.4, 0.5) is 5.69 Å². The van der Waals surface area contributed by atoms with E-state index in [4.69, 9.17) is 10.00 Å². The van der Waals surface area contributed by atoms with Crippen LogP contribution in [-0.4, -0.2) is 12.6 Å². The lowest BCUT2D eigenvalue weighted by molar-refractivity contribution is 0.285. The quantitative estimate of drug-likeness (QED) is 0.826. The van der Waals surface area contributed by atoms with Crippen LogP contribution in [0.25, 0.3) is 0 Å². The molecule has 1 aliphatic heterocycles. The van der Waals surface area contributed by atoms with E-state index in [1.165, 1.54) is 5.56 Å². The normalized spacial score (nSPS) is 18.2. The van der Waals surface area contributed by atoms with E-state index in [2.05, 4.69) is 37.4 Å². The minimum absolute atomic E-state index is 0.111. The highest BCUT2D eigenvalue weighted by Gasteiger charge is 2.18. The summed E-state index contributed by atoms with van der Waals surface area (Å²) in [6, 6.07) is 8.48. The van der Waals surface area contributed by atoms with Gasteiger partial charge >= 0.3 is 0 Å². The van der Waals surface area contributed by atoms with Gasteiger partial charge in [-0.15, -0.1) is 0 Å². The van der Waals surface area contributed by atoms with Crippen LogP contribution in [-0.2, 0) is 0 Å². The average molecular weight is 216 g/mol. The average Bonchev–Trinajstić information content (AvgIpc) is 2.28. The summed E-state index contributed by atoms with van der Waals surface area (Å²) in [5.41, 5.74) is 2.30. The van der Waals surface area contributed by atoms with Gasteiger partial charge in [0, 0.05) is 0 Å². The van der Waals surface area contributed by atoms with Gasteiger partial charge in [0.15, 0.2) is 0 Å². The molecule has 1 aromatic carbocycles. The molecule has 0 fully saturated rings. The molecule has 0 radical (unpaired) electrons. The maximum Gasteiger partial charge on any atom is 0.142 e. The zero-order valence-electron chi connectivity index (χ0n) is 9.66. The third-order valence-electron chi connectivity index (χ3n) is 2.81. The number of hydrogen-bond acceptors (Lipinski definition) is 3. The Hall–Kier alpha value is -1.69. The van der Waals surface area contributed by atoms with Crippen LogP contribution in [0.1, 0.15) is 31.7 Å². The molecule has 0 spiro atoms. The molecule has 0 bridgehead atoms. The van der Waals surface area contributed by atoms with Crippen LogP contribution in [0.2, 0.25) is 0 Å². The van der Waals surface area contributed by atoms with Crippen molar-refractivity contribution < 1.29 is 4.74 Å². The van der Waals surface area contributed by atoms with Gasteiger partial charge in [-0.25, -0.2) is 0 Å². The molecule has 16 heavy (non-hydrogen) atoms. The number of ether oxygens (including phenoxy) is 1. The second-order valence-electron chi connectivity index (χ2n) is 4.42. The van der Waals surface area contributed by atoms with Crippen LogP contribution in [0.15, 0.2) is 18.2 Å². The Balaban J connectivity index is 2.22. The molecule has 0 amide bonds. The van der Waals surface area contributed by atoms with E-state index in [0.29, 0.717) is 18.9 Å². The molecule has 1 heterocycles. The first-order valence-corrected chi connectivity index (χ1v) is 5.61. The molecule has 0 aromatic heterocycles. The number of nitrogens with one attached hydrogen (secondary N) is 1. The van der Waals surface area contributed by atoms with Crippen LogP contribution >= 0.6 is 0 Å². The lowest BCUT2D eigenvalue weighted by atomic mass is 10.0. The predicted octanol–water partition coefficient (Wildman–Crippen LogP) is 2.90. The van der Waals surface area contributed by atoms with E-state index < -0.39 is 0 Å². The molecule has 0 aliphatic carbocycles. The van der Waals surface area contributed by atoms with Gasteiger partial charge in [-0.3, -0.25) is 0 Å². The Morgan fingerprint density at radius 2 is 2.38 bits per heavy atom. The number of anilines is 1. The third kappa shape index (κ3) is 2.11. The molecule has 1 N–H and O–H groups in total. The summed E-state index contributed by atoms with van der Waals surface area (Å²) in [7, 11) is 0. The number of fused-ring (bicyclic) bond motifs is 1. The second-order valence-corrected chi connectivity index (χ2v) is 4.42. The minimum Gasteiger partial charge on any atom is -0.489 e. The molecule has 3 nitrogen and oxygen atoms in total. The fourth-order valence-electron chi connectivity index (χ4n) is 1.82. The van der Waals surface area contributed by atoms with Crippen LogP contribution in [0.5, 0.6) is 5.75 Å². The first kappa shape index (κ1) is 10.8. The smallest absolute Gasteiger partial charge is 0.142 e. The van der Waals surface area contributed by atoms with Gasteiger partial charge in [0.1, 0.15) is 12.4 Å². The molecule has 1 unspecified atom stereocenters. The Morgan fingerprint density at radius 1 is 1.56 bits per heavy atom. The van der Waals surface area contributed by atoms with Gasteiger partial charge in [0.2, 0.25) is 0 Å². The highest BCUT2D eigenvalue weighted by molar-refractivity contribution is 5.60. The summed E-state index contributed by atoms with van der Waals surface area (Å²) in [5.74, 6) is 1.39. The van der Waals surface area contributed by atoms with Gasteiger partial charge in [-0.1, -0.05) is 19.9 Å². The molecular weight excluding hydrogens is 200 g/mol. The largest absolute Gasteiger partial charge is 0.489 e. The van der Waals surface area contributed by atoms with Crippen molar-refractivity contribution in [3.05, 3.63) is 23.8 Å². The molecule has 0 saturated carbocycles. The van der Waals surface area contributed by atoms with Crippen LogP contribution < -0.4 is 10.1 Å². The lowest BCUT2D eigenvalue weighted by Gasteiger charge is -2.26. The molecule has 2 rings (SSSR count). The summed E-state index contributed by atoms with van der Waals surface area (Å²) >= 11 is 0. The summed E-state index contributed by atoms with van der Waals surface area (Å²) in [6.45, 7) is 4.90. The van der Waals surface area contributed by atoms with Gasteiger partial charge in [0.05, 0.1) is 24.2 Å².